The highest BCUT2D eigenvalue weighted by Crippen LogP contribution is 2.25. The first kappa shape index (κ1) is 18.1. The Morgan fingerprint density at radius 1 is 1.50 bits per heavy atom. The lowest BCUT2D eigenvalue weighted by atomic mass is 10.3. The highest BCUT2D eigenvalue weighted by atomic mass is 32.2. The lowest BCUT2D eigenvalue weighted by molar-refractivity contribution is -0.140. The van der Waals surface area contributed by atoms with E-state index in [2.05, 4.69) is 5.32 Å². The van der Waals surface area contributed by atoms with Crippen LogP contribution in [0.25, 0.3) is 0 Å². The van der Waals surface area contributed by atoms with E-state index < -0.39 is 22.0 Å². The Hall–Kier alpha value is -1.96. The van der Waals surface area contributed by atoms with Crippen LogP contribution in [0.5, 0.6) is 0 Å². The van der Waals surface area contributed by atoms with Crippen molar-refractivity contribution in [3.05, 3.63) is 17.0 Å². The predicted octanol–water partition coefficient (Wildman–Crippen LogP) is 0.220. The predicted molar refractivity (Wildman–Crippen MR) is 78.7 cm³/mol. The normalized spacial score (nSPS) is 12.6. The Labute approximate surface area is 132 Å². The van der Waals surface area contributed by atoms with E-state index in [1.54, 1.807) is 0 Å². The number of carbonyl (C=O) groups is 2. The number of rotatable bonds is 7. The van der Waals surface area contributed by atoms with Gasteiger partial charge in [0.25, 0.3) is 10.0 Å². The van der Waals surface area contributed by atoms with Crippen LogP contribution in [0.15, 0.2) is 16.3 Å². The molecule has 8 nitrogen and oxygen atoms in total. The van der Waals surface area contributed by atoms with Crippen molar-refractivity contribution in [2.45, 2.75) is 24.1 Å². The van der Waals surface area contributed by atoms with Gasteiger partial charge in [0.1, 0.15) is 21.2 Å². The number of sulfonamides is 1. The van der Waals surface area contributed by atoms with Crippen LogP contribution < -0.4 is 5.32 Å². The van der Waals surface area contributed by atoms with Gasteiger partial charge in [-0.2, -0.15) is 9.57 Å². The summed E-state index contributed by atoms with van der Waals surface area (Å²) in [5.41, 5.74) is 0. The zero-order chi connectivity index (χ0) is 16.9. The summed E-state index contributed by atoms with van der Waals surface area (Å²) in [5, 5.41) is 20.3. The Morgan fingerprint density at radius 3 is 2.59 bits per heavy atom. The Kier molecular flexibility index (Phi) is 6.04. The van der Waals surface area contributed by atoms with E-state index in [0.717, 1.165) is 15.6 Å². The molecule has 0 aliphatic carbocycles. The van der Waals surface area contributed by atoms with Gasteiger partial charge >= 0.3 is 5.97 Å². The molecule has 10 heteroatoms. The highest BCUT2D eigenvalue weighted by Gasteiger charge is 2.33. The Morgan fingerprint density at radius 2 is 2.14 bits per heavy atom. The minimum Gasteiger partial charge on any atom is -0.480 e. The van der Waals surface area contributed by atoms with Gasteiger partial charge in [0.05, 0.1) is 0 Å². The second-order valence-electron chi connectivity index (χ2n) is 4.34. The van der Waals surface area contributed by atoms with Crippen LogP contribution in [0.3, 0.4) is 0 Å². The summed E-state index contributed by atoms with van der Waals surface area (Å²) in [6.45, 7) is 2.32. The summed E-state index contributed by atoms with van der Waals surface area (Å²) in [6.07, 6.45) is 0. The van der Waals surface area contributed by atoms with Crippen molar-refractivity contribution in [3.63, 3.8) is 0 Å². The number of nitrogens with zero attached hydrogens (tertiary/aromatic N) is 2. The number of nitrogens with one attached hydrogen (secondary N) is 1. The van der Waals surface area contributed by atoms with Crippen LogP contribution in [-0.4, -0.2) is 48.8 Å². The average Bonchev–Trinajstić information content (AvgIpc) is 2.91. The van der Waals surface area contributed by atoms with Crippen molar-refractivity contribution in [1.29, 1.82) is 5.26 Å². The number of amides is 1. The fraction of sp³-hybridized carbons (Fsp3) is 0.417. The number of carbonyl (C=O) groups excluding carboxylic acids is 1. The molecule has 1 amide bonds. The molecule has 0 aliphatic heterocycles. The summed E-state index contributed by atoms with van der Waals surface area (Å²) >= 11 is 0.766. The monoisotopic (exact) mass is 345 g/mol. The minimum absolute atomic E-state index is 0.0112. The molecule has 120 valence electrons. The number of carboxylic acids is 1. The number of hydrogen-bond donors (Lipinski definition) is 2. The number of carboxylic acid groups (broad SMARTS) is 1. The summed E-state index contributed by atoms with van der Waals surface area (Å²) in [7, 11) is -4.06. The van der Waals surface area contributed by atoms with Crippen molar-refractivity contribution in [2.75, 3.05) is 13.1 Å². The molecular weight excluding hydrogens is 330 g/mol. The molecule has 0 bridgehead atoms. The van der Waals surface area contributed by atoms with Gasteiger partial charge in [-0.15, -0.1) is 11.3 Å². The molecule has 1 aromatic rings. The molecule has 0 aromatic carbocycles. The number of nitriles is 1. The summed E-state index contributed by atoms with van der Waals surface area (Å²) in [4.78, 5) is 22.2. The van der Waals surface area contributed by atoms with Crippen LogP contribution in [-0.2, 0) is 19.6 Å². The third-order valence-electron chi connectivity index (χ3n) is 2.75. The topological polar surface area (TPSA) is 128 Å². The van der Waals surface area contributed by atoms with E-state index in [1.165, 1.54) is 26.0 Å². The van der Waals surface area contributed by atoms with Gasteiger partial charge < -0.3 is 10.4 Å². The molecule has 22 heavy (non-hydrogen) atoms. The lowest BCUT2D eigenvalue weighted by Crippen LogP contribution is -2.46. The van der Waals surface area contributed by atoms with Crippen LogP contribution in [0, 0.1) is 11.3 Å². The van der Waals surface area contributed by atoms with E-state index in [-0.39, 0.29) is 28.1 Å². The number of thiophene rings is 1. The molecule has 1 heterocycles. The van der Waals surface area contributed by atoms with Crippen LogP contribution in [0.4, 0.5) is 0 Å². The zero-order valence-corrected chi connectivity index (χ0v) is 13.6. The summed E-state index contributed by atoms with van der Waals surface area (Å²) < 4.78 is 25.7. The molecule has 0 radical (unpaired) electrons. The van der Waals surface area contributed by atoms with Crippen LogP contribution in [0.1, 0.15) is 18.7 Å². The maximum atomic E-state index is 12.5. The molecule has 1 aromatic heterocycles. The molecule has 0 fully saturated rings. The van der Waals surface area contributed by atoms with Crippen LogP contribution >= 0.6 is 11.3 Å². The van der Waals surface area contributed by atoms with Crippen molar-refractivity contribution in [1.82, 2.24) is 9.62 Å². The van der Waals surface area contributed by atoms with Gasteiger partial charge in [-0.1, -0.05) is 0 Å². The molecule has 0 saturated carbocycles. The summed E-state index contributed by atoms with van der Waals surface area (Å²) in [5.74, 6) is -1.65. The first-order valence-electron chi connectivity index (χ1n) is 6.19. The maximum absolute atomic E-state index is 12.5. The Bertz CT molecular complexity index is 705. The van der Waals surface area contributed by atoms with Crippen molar-refractivity contribution in [3.8, 4) is 6.07 Å². The molecule has 0 saturated heterocycles. The minimum atomic E-state index is -4.06. The molecular formula is C12H15N3O5S2. The maximum Gasteiger partial charge on any atom is 0.321 e. The second-order valence-corrected chi connectivity index (χ2v) is 7.54. The van der Waals surface area contributed by atoms with Crippen molar-refractivity contribution in [2.24, 2.45) is 0 Å². The highest BCUT2D eigenvalue weighted by molar-refractivity contribution is 7.91. The van der Waals surface area contributed by atoms with Gasteiger partial charge in [-0.05, 0) is 19.1 Å². The largest absolute Gasteiger partial charge is 0.480 e. The quantitative estimate of drug-likeness (QED) is 0.727. The standard InChI is InChI=1S/C12H15N3O5S2/c1-8(12(17)18)15(6-5-14-9(2)16)22(19,20)11-4-3-10(7-13)21-11/h3-4,8H,5-6H2,1-2H3,(H,14,16)(H,17,18). The van der Waals surface area contributed by atoms with E-state index in [4.69, 9.17) is 10.4 Å². The Balaban J connectivity index is 3.10. The smallest absolute Gasteiger partial charge is 0.321 e. The van der Waals surface area contributed by atoms with Gasteiger partial charge in [-0.25, -0.2) is 8.42 Å². The molecule has 2 N–H and O–H groups in total. The zero-order valence-electron chi connectivity index (χ0n) is 11.9. The molecule has 0 spiro atoms. The van der Waals surface area contributed by atoms with Crippen LogP contribution in [0.2, 0.25) is 0 Å². The fourth-order valence-electron chi connectivity index (χ4n) is 1.62. The lowest BCUT2D eigenvalue weighted by Gasteiger charge is -2.25. The van der Waals surface area contributed by atoms with E-state index >= 15 is 0 Å². The summed E-state index contributed by atoms with van der Waals surface area (Å²) in [6, 6.07) is 3.15. The van der Waals surface area contributed by atoms with Crippen molar-refractivity contribution < 1.29 is 23.1 Å². The van der Waals surface area contributed by atoms with Gasteiger partial charge in [0.2, 0.25) is 5.91 Å². The molecule has 0 aliphatic rings. The van der Waals surface area contributed by atoms with Gasteiger partial charge in [0, 0.05) is 20.0 Å². The third kappa shape index (κ3) is 4.27. The van der Waals surface area contributed by atoms with E-state index in [0.29, 0.717) is 0 Å². The van der Waals surface area contributed by atoms with E-state index in [9.17, 15) is 18.0 Å². The SMILES string of the molecule is CC(=O)NCCN(C(C)C(=O)O)S(=O)(=O)c1ccc(C#N)s1. The number of aliphatic carboxylic acids is 1. The molecule has 1 unspecified atom stereocenters. The first-order chi connectivity index (χ1) is 10.2. The first-order valence-corrected chi connectivity index (χ1v) is 8.44. The fourth-order valence-corrected chi connectivity index (χ4v) is 4.44. The van der Waals surface area contributed by atoms with Gasteiger partial charge in [0.15, 0.2) is 0 Å². The average molecular weight is 345 g/mol. The van der Waals surface area contributed by atoms with E-state index in [1.807, 2.05) is 6.07 Å². The molecule has 1 rings (SSSR count). The third-order valence-corrected chi connectivity index (χ3v) is 6.18. The number of hydrogen-bond acceptors (Lipinski definition) is 6. The van der Waals surface area contributed by atoms with Gasteiger partial charge in [-0.3, -0.25) is 9.59 Å². The van der Waals surface area contributed by atoms with Crippen molar-refractivity contribution >= 4 is 33.2 Å². The second kappa shape index (κ2) is 7.35. The molecule has 1 atom stereocenters.